The van der Waals surface area contributed by atoms with Crippen LogP contribution in [0, 0.1) is 11.3 Å². The molecule has 2 aromatic rings. The summed E-state index contributed by atoms with van der Waals surface area (Å²) in [5.74, 6) is 0. The zero-order chi connectivity index (χ0) is 19.5. The van der Waals surface area contributed by atoms with E-state index in [1.165, 1.54) is 11.8 Å². The Kier molecular flexibility index (Phi) is 6.10. The van der Waals surface area contributed by atoms with Gasteiger partial charge in [-0.3, -0.25) is 10.1 Å². The minimum absolute atomic E-state index is 0.127. The van der Waals surface area contributed by atoms with Crippen molar-refractivity contribution in [1.29, 1.82) is 5.26 Å². The minimum atomic E-state index is -0.664. The van der Waals surface area contributed by atoms with Crippen LogP contribution in [-0.4, -0.2) is 27.9 Å². The number of aromatic amines is 1. The maximum Gasteiger partial charge on any atom is 0.412 e. The summed E-state index contributed by atoms with van der Waals surface area (Å²) in [6.07, 6.45) is 1.11. The minimum Gasteiger partial charge on any atom is -0.444 e. The largest absolute Gasteiger partial charge is 0.444 e. The lowest BCUT2D eigenvalue weighted by Gasteiger charge is -2.20. The molecule has 0 aliphatic carbocycles. The summed E-state index contributed by atoms with van der Waals surface area (Å²) in [6, 6.07) is 6.94. The fourth-order valence-electron chi connectivity index (χ4n) is 2.09. The van der Waals surface area contributed by atoms with Gasteiger partial charge in [0.05, 0.1) is 11.4 Å². The molecule has 2 rings (SSSR count). The Morgan fingerprint density at radius 1 is 1.42 bits per heavy atom. The molecule has 0 radical (unpaired) electrons. The Hall–Kier alpha value is -2.31. The van der Waals surface area contributed by atoms with E-state index >= 15 is 0 Å². The summed E-state index contributed by atoms with van der Waals surface area (Å²) < 4.78 is 5.98. The van der Waals surface area contributed by atoms with Crippen molar-refractivity contribution < 1.29 is 9.53 Å². The molecule has 1 aromatic heterocycles. The molecule has 0 aliphatic heterocycles. The van der Waals surface area contributed by atoms with E-state index in [0.29, 0.717) is 20.9 Å². The Labute approximate surface area is 163 Å². The predicted molar refractivity (Wildman–Crippen MR) is 104 cm³/mol. The standard InChI is InChI=1S/C17H17BrN4O3S/c1-17(2,3)25-16(24)20-12-7-9(18)5-6-10(12)13-11(8-19)14(23)22-15(21-13)26-4/h5-7H,1-4H3,(H,20,24)(H,21,22,23). The molecule has 0 unspecified atom stereocenters. The number of benzene rings is 1. The second-order valence-corrected chi connectivity index (χ2v) is 7.94. The third kappa shape index (κ3) is 4.86. The van der Waals surface area contributed by atoms with Crippen LogP contribution in [0.2, 0.25) is 0 Å². The summed E-state index contributed by atoms with van der Waals surface area (Å²) >= 11 is 4.59. The first-order valence-corrected chi connectivity index (χ1v) is 9.54. The van der Waals surface area contributed by atoms with E-state index in [-0.39, 0.29) is 11.3 Å². The Morgan fingerprint density at radius 3 is 2.69 bits per heavy atom. The number of hydrogen-bond acceptors (Lipinski definition) is 6. The van der Waals surface area contributed by atoms with Crippen molar-refractivity contribution in [3.8, 4) is 17.3 Å². The number of hydrogen-bond donors (Lipinski definition) is 2. The van der Waals surface area contributed by atoms with Crippen molar-refractivity contribution in [1.82, 2.24) is 9.97 Å². The molecular formula is C17H17BrN4O3S. The van der Waals surface area contributed by atoms with Gasteiger partial charge in [-0.15, -0.1) is 0 Å². The van der Waals surface area contributed by atoms with Gasteiger partial charge in [0.2, 0.25) is 0 Å². The van der Waals surface area contributed by atoms with Crippen LogP contribution >= 0.6 is 27.7 Å². The molecular weight excluding hydrogens is 420 g/mol. The van der Waals surface area contributed by atoms with Gasteiger partial charge in [0.15, 0.2) is 5.16 Å². The van der Waals surface area contributed by atoms with Gasteiger partial charge in [-0.05, 0) is 45.2 Å². The number of aromatic nitrogens is 2. The first-order valence-electron chi connectivity index (χ1n) is 7.53. The van der Waals surface area contributed by atoms with Crippen molar-refractivity contribution >= 4 is 39.5 Å². The average Bonchev–Trinajstić information content (AvgIpc) is 2.52. The lowest BCUT2D eigenvalue weighted by molar-refractivity contribution is 0.0636. The molecule has 9 heteroatoms. The van der Waals surface area contributed by atoms with Crippen molar-refractivity contribution in [3.63, 3.8) is 0 Å². The number of halogens is 1. The highest BCUT2D eigenvalue weighted by Gasteiger charge is 2.20. The molecule has 7 nitrogen and oxygen atoms in total. The highest BCUT2D eigenvalue weighted by molar-refractivity contribution is 9.10. The van der Waals surface area contributed by atoms with Crippen molar-refractivity contribution in [2.45, 2.75) is 31.5 Å². The fraction of sp³-hybridized carbons (Fsp3) is 0.294. The smallest absolute Gasteiger partial charge is 0.412 e. The first kappa shape index (κ1) is 20.0. The number of rotatable bonds is 3. The number of amides is 1. The topological polar surface area (TPSA) is 108 Å². The van der Waals surface area contributed by atoms with E-state index in [0.717, 1.165) is 0 Å². The Balaban J connectivity index is 2.58. The van der Waals surface area contributed by atoms with Crippen LogP contribution in [0.3, 0.4) is 0 Å². The molecule has 0 fully saturated rings. The van der Waals surface area contributed by atoms with Crippen LogP contribution in [0.5, 0.6) is 0 Å². The number of carbonyl (C=O) groups is 1. The van der Waals surface area contributed by atoms with Crippen molar-refractivity contribution in [3.05, 3.63) is 38.6 Å². The fourth-order valence-corrected chi connectivity index (χ4v) is 2.83. The van der Waals surface area contributed by atoms with Crippen LogP contribution in [-0.2, 0) is 4.74 Å². The number of thioether (sulfide) groups is 1. The van der Waals surface area contributed by atoms with Crippen molar-refractivity contribution in [2.24, 2.45) is 0 Å². The zero-order valence-electron chi connectivity index (χ0n) is 14.6. The van der Waals surface area contributed by atoms with Crippen LogP contribution in [0.25, 0.3) is 11.3 Å². The molecule has 1 amide bonds. The normalized spacial score (nSPS) is 10.9. The second kappa shape index (κ2) is 7.93. The molecule has 2 N–H and O–H groups in total. The number of H-pyrrole nitrogens is 1. The number of ether oxygens (including phenoxy) is 1. The van der Waals surface area contributed by atoms with Crippen molar-refractivity contribution in [2.75, 3.05) is 11.6 Å². The monoisotopic (exact) mass is 436 g/mol. The third-order valence-corrected chi connectivity index (χ3v) is 4.15. The molecule has 0 spiro atoms. The zero-order valence-corrected chi connectivity index (χ0v) is 17.0. The van der Waals surface area contributed by atoms with Gasteiger partial charge in [-0.25, -0.2) is 9.78 Å². The lowest BCUT2D eigenvalue weighted by atomic mass is 10.1. The summed E-state index contributed by atoms with van der Waals surface area (Å²) in [6.45, 7) is 5.27. The molecule has 0 saturated carbocycles. The van der Waals surface area contributed by atoms with Gasteiger partial charge < -0.3 is 9.72 Å². The molecule has 0 bridgehead atoms. The molecule has 1 aromatic carbocycles. The Morgan fingerprint density at radius 2 is 2.12 bits per heavy atom. The molecule has 0 saturated heterocycles. The summed E-state index contributed by atoms with van der Waals surface area (Å²) in [5, 5.41) is 12.4. The highest BCUT2D eigenvalue weighted by atomic mass is 79.9. The number of nitrogens with one attached hydrogen (secondary N) is 2. The highest BCUT2D eigenvalue weighted by Crippen LogP contribution is 2.31. The lowest BCUT2D eigenvalue weighted by Crippen LogP contribution is -2.27. The third-order valence-electron chi connectivity index (χ3n) is 3.08. The SMILES string of the molecule is CSc1nc(-c2ccc(Br)cc2NC(=O)OC(C)(C)C)c(C#N)c(=O)[nH]1. The number of anilines is 1. The van der Waals surface area contributed by atoms with E-state index in [2.05, 4.69) is 31.2 Å². The van der Waals surface area contributed by atoms with E-state index < -0.39 is 17.3 Å². The number of nitriles is 1. The van der Waals surface area contributed by atoms with Gasteiger partial charge in [-0.2, -0.15) is 5.26 Å². The summed E-state index contributed by atoms with van der Waals surface area (Å²) in [7, 11) is 0. The first-order chi connectivity index (χ1) is 12.1. The Bertz CT molecular complexity index is 944. The molecule has 136 valence electrons. The van der Waals surface area contributed by atoms with Gasteiger partial charge in [0, 0.05) is 10.0 Å². The van der Waals surface area contributed by atoms with Gasteiger partial charge in [0.25, 0.3) is 5.56 Å². The average molecular weight is 437 g/mol. The summed E-state index contributed by atoms with van der Waals surface area (Å²) in [5.41, 5.74) is -0.320. The van der Waals surface area contributed by atoms with Gasteiger partial charge in [-0.1, -0.05) is 27.7 Å². The molecule has 0 aliphatic rings. The number of nitrogens with zero attached hydrogens (tertiary/aromatic N) is 2. The van der Waals surface area contributed by atoms with Crippen LogP contribution in [0.15, 0.2) is 32.6 Å². The molecule has 1 heterocycles. The molecule has 0 atom stereocenters. The predicted octanol–water partition coefficient (Wildman–Crippen LogP) is 4.14. The van der Waals surface area contributed by atoms with E-state index in [9.17, 15) is 14.9 Å². The maximum atomic E-state index is 12.2. The maximum absolute atomic E-state index is 12.2. The van der Waals surface area contributed by atoms with Crippen LogP contribution < -0.4 is 10.9 Å². The molecule has 26 heavy (non-hydrogen) atoms. The summed E-state index contributed by atoms with van der Waals surface area (Å²) in [4.78, 5) is 31.2. The van der Waals surface area contributed by atoms with E-state index in [1.54, 1.807) is 45.2 Å². The van der Waals surface area contributed by atoms with Gasteiger partial charge >= 0.3 is 6.09 Å². The van der Waals surface area contributed by atoms with Crippen LogP contribution in [0.4, 0.5) is 10.5 Å². The second-order valence-electron chi connectivity index (χ2n) is 6.23. The van der Waals surface area contributed by atoms with E-state index in [1.807, 2.05) is 6.07 Å². The number of carbonyl (C=O) groups excluding carboxylic acids is 1. The van der Waals surface area contributed by atoms with Gasteiger partial charge in [0.1, 0.15) is 17.2 Å². The van der Waals surface area contributed by atoms with Crippen LogP contribution in [0.1, 0.15) is 26.3 Å². The van der Waals surface area contributed by atoms with E-state index in [4.69, 9.17) is 4.74 Å². The quantitative estimate of drug-likeness (QED) is 0.552.